The number of halogens is 3. The molecular formula is C92H110Br3N13O21Y2-4. The average Bonchev–Trinajstić information content (AvgIpc) is 1.79. The third-order valence-electron chi connectivity index (χ3n) is 18.1. The molecule has 0 fully saturated rings. The summed E-state index contributed by atoms with van der Waals surface area (Å²) in [6, 6.07) is 48.2. The van der Waals surface area contributed by atoms with E-state index >= 15 is 0 Å². The molecule has 34 nitrogen and oxygen atoms in total. The normalized spacial score (nSPS) is 10.4. The number of aliphatic carboxylic acids is 1. The van der Waals surface area contributed by atoms with E-state index in [0.717, 1.165) is 99.1 Å². The number of aliphatic hydroxyl groups excluding tert-OH is 10. The van der Waals surface area contributed by atoms with E-state index in [1.807, 2.05) is 36.4 Å². The van der Waals surface area contributed by atoms with Gasteiger partial charge < -0.3 is 128 Å². The van der Waals surface area contributed by atoms with Crippen molar-refractivity contribution in [2.24, 2.45) is 21.8 Å². The molecule has 12 aromatic rings. The minimum Gasteiger partial charge on any atom is -0.693 e. The summed E-state index contributed by atoms with van der Waals surface area (Å²) >= 11 is 9.60. The standard InChI is InChI=1S/C13H16N2O.C11H10N3O.C11H12N2O3.C11H16N2O.C9H12N2O3.C9H9NO2.C8H5BrO4.2C8H9BrO2.C2H4O2.2CH3.H2N.2Y/c1-4-10-6-7-12(8-11(10)5-2)13-14-9(3)16-15-13;1-7-13-11(14-15-7)8-2-3-9-5-12-6-10(9)4-8;1-7-12-11(13-16-7)8-2-3-9(5-14)10(4-8)6-15;1-3-8-5-6-10(11(12)13-14)7-9(8)4-2;10-9(11-14)6-1-2-7(4-12)8(3-6)5-13;1-10-9-3-2-7(5-11)8(4-9)6-12;9-4-1-2-5(7(10)11)6(3-4)8(12)13;2*9-8-2-1-6(4-10)7(3-8)5-11;1-2(3)4;;;;;/h6-8H,4-5H2,1-3H3;2-4H,5-6H2,1H3;2-4,14-15H,5-6H2,1H3;5-7,14H,3-4H2,1-2H3,(H2,12,13);1-3,12-14H,4-5H2,(H2,10,11);2-4,11-12H,5-6H2;1-3H,(H,10,11)(H,12,13);2*1-3,10-11H,4-5H2;1H3,(H,3,4);2*1H3;1H2;;/q;-1;;;;;;;;;3*-1;;. The van der Waals surface area contributed by atoms with Crippen molar-refractivity contribution in [3.63, 3.8) is 0 Å². The Morgan fingerprint density at radius 1 is 0.397 bits per heavy atom. The Balaban J connectivity index is 0. The van der Waals surface area contributed by atoms with Gasteiger partial charge >= 0.3 is 11.9 Å². The minimum absolute atomic E-state index is 0. The Bertz CT molecular complexity index is 5380. The largest absolute Gasteiger partial charge is 0.693 e. The first-order chi connectivity index (χ1) is 60.4. The molecule has 700 valence electrons. The summed E-state index contributed by atoms with van der Waals surface area (Å²) in [6.45, 7) is 22.4. The summed E-state index contributed by atoms with van der Waals surface area (Å²) in [6.07, 6.45) is 4.08. The van der Waals surface area contributed by atoms with Crippen LogP contribution in [-0.2, 0) is 175 Å². The zero-order valence-corrected chi connectivity index (χ0v) is 84.5. The van der Waals surface area contributed by atoms with Crippen LogP contribution in [-0.4, -0.2) is 137 Å². The van der Waals surface area contributed by atoms with Gasteiger partial charge in [0.15, 0.2) is 17.4 Å². The number of hydrogen-bond acceptors (Lipinski definition) is 26. The van der Waals surface area contributed by atoms with E-state index < -0.39 is 17.9 Å². The topological polar surface area (TPSA) is 600 Å². The first-order valence-corrected chi connectivity index (χ1v) is 40.9. The molecule has 0 amide bonds. The summed E-state index contributed by atoms with van der Waals surface area (Å²) in [4.78, 5) is 45.9. The molecule has 0 bridgehead atoms. The summed E-state index contributed by atoms with van der Waals surface area (Å²) in [5.74, 6) is 0.318. The maximum atomic E-state index is 10.6. The van der Waals surface area contributed by atoms with Gasteiger partial charge in [-0.15, -0.1) is 13.1 Å². The number of aromatic nitrogens is 6. The number of carboxylic acid groups (broad SMARTS) is 3. The molecule has 0 spiro atoms. The number of rotatable bonds is 21. The molecule has 0 aliphatic carbocycles. The number of oxime groups is 2. The first kappa shape index (κ1) is 123. The molecule has 0 saturated heterocycles. The van der Waals surface area contributed by atoms with Gasteiger partial charge in [-0.3, -0.25) is 4.79 Å². The third-order valence-corrected chi connectivity index (χ3v) is 19.6. The number of hydrogen-bond donors (Lipinski definition) is 17. The monoisotopic (exact) mass is 2150 g/mol. The van der Waals surface area contributed by atoms with Crippen LogP contribution in [0.3, 0.4) is 0 Å². The van der Waals surface area contributed by atoms with Crippen LogP contribution in [0.2, 0.25) is 0 Å². The van der Waals surface area contributed by atoms with Crippen molar-refractivity contribution in [3.8, 4) is 34.2 Å². The van der Waals surface area contributed by atoms with E-state index in [4.69, 9.17) is 113 Å². The van der Waals surface area contributed by atoms with E-state index in [2.05, 4.69) is 157 Å². The Kier molecular flexibility index (Phi) is 62.4. The van der Waals surface area contributed by atoms with Gasteiger partial charge in [-0.25, -0.2) is 14.4 Å². The smallest absolute Gasteiger partial charge is 0.336 e. The van der Waals surface area contributed by atoms with Crippen molar-refractivity contribution in [3.05, 3.63) is 344 Å². The second-order valence-electron chi connectivity index (χ2n) is 26.5. The van der Waals surface area contributed by atoms with Crippen molar-refractivity contribution in [2.75, 3.05) is 0 Å². The molecule has 13 rings (SSSR count). The van der Waals surface area contributed by atoms with Crippen LogP contribution in [0.15, 0.2) is 201 Å². The van der Waals surface area contributed by atoms with E-state index in [-0.39, 0.29) is 175 Å². The minimum atomic E-state index is -1.25. The van der Waals surface area contributed by atoms with E-state index in [1.54, 1.807) is 99.6 Å². The molecule has 1 aliphatic rings. The Labute approximate surface area is 836 Å². The number of carbonyl (C=O) groups is 3. The van der Waals surface area contributed by atoms with Crippen molar-refractivity contribution >= 4 is 83.1 Å². The predicted octanol–water partition coefficient (Wildman–Crippen LogP) is 15.9. The van der Waals surface area contributed by atoms with E-state index in [0.29, 0.717) is 84.2 Å². The van der Waals surface area contributed by atoms with Crippen molar-refractivity contribution in [2.45, 2.75) is 160 Å². The number of nitrogens with zero attached hydrogens (tertiary/aromatic N) is 10. The molecule has 2 radical (unpaired) electrons. The molecule has 0 saturated carbocycles. The van der Waals surface area contributed by atoms with Crippen LogP contribution < -0.4 is 11.5 Å². The predicted molar refractivity (Wildman–Crippen MR) is 499 cm³/mol. The molecule has 3 aromatic heterocycles. The number of aryl methyl sites for hydroxylation is 7. The molecule has 0 unspecified atom stereocenters. The quantitative estimate of drug-likeness (QED) is 0.0104. The fraction of sp³-hybridized carbons (Fsp3) is 0.261. The maximum Gasteiger partial charge on any atom is 0.336 e. The fourth-order valence-corrected chi connectivity index (χ4v) is 12.6. The van der Waals surface area contributed by atoms with Crippen LogP contribution >= 0.6 is 47.8 Å². The zero-order chi connectivity index (χ0) is 93.5. The second-order valence-corrected chi connectivity index (χ2v) is 29.3. The Morgan fingerprint density at radius 3 is 1.05 bits per heavy atom. The third kappa shape index (κ3) is 41.0. The molecule has 21 N–H and O–H groups in total. The second kappa shape index (κ2) is 66.4. The van der Waals surface area contributed by atoms with Gasteiger partial charge in [-0.2, -0.15) is 15.0 Å². The summed E-state index contributed by atoms with van der Waals surface area (Å²) in [7, 11) is 0. The number of aromatic carboxylic acids is 2. The summed E-state index contributed by atoms with van der Waals surface area (Å²) < 4.78 is 17.2. The number of fused-ring (bicyclic) bond motifs is 1. The van der Waals surface area contributed by atoms with Crippen LogP contribution in [0, 0.1) is 42.2 Å². The van der Waals surface area contributed by atoms with E-state index in [1.165, 1.54) is 51.6 Å². The number of carboxylic acids is 3. The van der Waals surface area contributed by atoms with Crippen LogP contribution in [0.4, 0.5) is 5.69 Å². The Hall–Kier alpha value is -9.99. The van der Waals surface area contributed by atoms with Gasteiger partial charge in [0.25, 0.3) is 5.97 Å². The van der Waals surface area contributed by atoms with Gasteiger partial charge in [-0.05, 0) is 176 Å². The first-order valence-electron chi connectivity index (χ1n) is 38.6. The van der Waals surface area contributed by atoms with Crippen molar-refractivity contribution < 1.29 is 170 Å². The van der Waals surface area contributed by atoms with Gasteiger partial charge in [0, 0.05) is 134 Å². The summed E-state index contributed by atoms with van der Waals surface area (Å²) in [5.41, 5.74) is 29.9. The number of amidine groups is 2. The van der Waals surface area contributed by atoms with Gasteiger partial charge in [0.05, 0.1) is 83.8 Å². The summed E-state index contributed by atoms with van der Waals surface area (Å²) in [5, 5.41) is 153. The number of aliphatic hydroxyl groups is 10. The zero-order valence-electron chi connectivity index (χ0n) is 74.1. The van der Waals surface area contributed by atoms with Gasteiger partial charge in [-0.1, -0.05) is 203 Å². The Morgan fingerprint density at radius 2 is 0.687 bits per heavy atom. The van der Waals surface area contributed by atoms with Crippen molar-refractivity contribution in [1.82, 2.24) is 30.4 Å². The number of benzene rings is 9. The molecule has 9 aromatic carbocycles. The molecule has 1 aliphatic heterocycles. The average molecular weight is 2150 g/mol. The molecule has 39 heteroatoms. The van der Waals surface area contributed by atoms with Crippen molar-refractivity contribution in [1.29, 1.82) is 0 Å². The van der Waals surface area contributed by atoms with E-state index in [9.17, 15) is 9.59 Å². The van der Waals surface area contributed by atoms with Gasteiger partial charge in [0.1, 0.15) is 0 Å². The molecular weight excluding hydrogens is 2040 g/mol. The van der Waals surface area contributed by atoms with Crippen LogP contribution in [0.1, 0.15) is 173 Å². The van der Waals surface area contributed by atoms with Crippen LogP contribution in [0.5, 0.6) is 0 Å². The molecule has 0 atom stereocenters. The SMILES string of the molecule is CC(=O)O.CCc1ccc(-c2noc(C)n2)cc1CC.CCc1ccc(/C(N)=N/O)cc1CC.Cc1nc(-c2ccc(CO)c(CO)c2)no1.Cc1nc(-c2ccc3c(c2)C[N-]C3)no1.N/C(=N\O)c1ccc(CO)c(CO)c1.O=C(O)c1ccc(Br)cc1C(=O)O.OCc1ccc(Br)cc1CO.OCc1ccc(Br)cc1CO.[C-]#[N+]c1ccc(CO)c(CO)c1.[CH3-].[CH3-].[NH2-].[Y].[Y]. The maximum absolute atomic E-state index is 10.6. The fourth-order valence-electron chi connectivity index (χ4n) is 11.4. The molecule has 131 heavy (non-hydrogen) atoms. The van der Waals surface area contributed by atoms with Gasteiger partial charge in [0.2, 0.25) is 35.1 Å². The number of nitrogens with two attached hydrogens (primary N) is 3. The van der Waals surface area contributed by atoms with Crippen LogP contribution in [0.25, 0.3) is 50.5 Å². The molecule has 4 heterocycles.